The first-order valence-corrected chi connectivity index (χ1v) is 10.1. The van der Waals surface area contributed by atoms with Crippen molar-refractivity contribution >= 4 is 11.8 Å². The van der Waals surface area contributed by atoms with Gasteiger partial charge in [0.15, 0.2) is 5.69 Å². The van der Waals surface area contributed by atoms with E-state index in [-0.39, 0.29) is 23.6 Å². The van der Waals surface area contributed by atoms with Crippen molar-refractivity contribution in [3.63, 3.8) is 0 Å². The lowest BCUT2D eigenvalue weighted by atomic mass is 9.93. The third kappa shape index (κ3) is 5.72. The number of nitrogens with zero attached hydrogens (tertiary/aromatic N) is 4. The molecule has 1 atom stereocenters. The molecule has 3 heterocycles. The van der Waals surface area contributed by atoms with Crippen molar-refractivity contribution in [1.82, 2.24) is 24.9 Å². The third-order valence-corrected chi connectivity index (χ3v) is 5.74. The molecule has 0 aromatic carbocycles. The molecule has 8 nitrogen and oxygen atoms in total. The lowest BCUT2D eigenvalue weighted by molar-refractivity contribution is -0.120. The van der Waals surface area contributed by atoms with Crippen LogP contribution in [0.3, 0.4) is 0 Å². The monoisotopic (exact) mass is 413 g/mol. The molecule has 0 unspecified atom stereocenters. The predicted octanol–water partition coefficient (Wildman–Crippen LogP) is 1.24. The number of amides is 2. The summed E-state index contributed by atoms with van der Waals surface area (Å²) in [5, 5.41) is 17.7. The number of halogens is 2. The van der Waals surface area contributed by atoms with Crippen LogP contribution in [0.15, 0.2) is 12.3 Å². The number of hydrogen-bond acceptors (Lipinski definition) is 5. The molecule has 2 saturated heterocycles. The van der Waals surface area contributed by atoms with Gasteiger partial charge in [-0.2, -0.15) is 13.9 Å². The Hall–Kier alpha value is -2.07. The van der Waals surface area contributed by atoms with Crippen molar-refractivity contribution in [1.29, 1.82) is 0 Å². The molecule has 162 valence electrons. The molecular weight excluding hydrogens is 384 g/mol. The highest BCUT2D eigenvalue weighted by molar-refractivity contribution is 5.92. The van der Waals surface area contributed by atoms with Crippen molar-refractivity contribution in [2.45, 2.75) is 57.2 Å². The smallest absolute Gasteiger partial charge is 0.333 e. The molecule has 0 bridgehead atoms. The Kier molecular flexibility index (Phi) is 6.84. The Balaban J connectivity index is 1.52. The minimum atomic E-state index is -2.78. The Morgan fingerprint density at radius 2 is 2.00 bits per heavy atom. The highest BCUT2D eigenvalue weighted by Gasteiger charge is 2.35. The van der Waals surface area contributed by atoms with Crippen molar-refractivity contribution < 1.29 is 23.5 Å². The second-order valence-electron chi connectivity index (χ2n) is 8.08. The van der Waals surface area contributed by atoms with Crippen molar-refractivity contribution in [3.8, 4) is 0 Å². The summed E-state index contributed by atoms with van der Waals surface area (Å²) in [5.74, 6) is -0.404. The maximum atomic E-state index is 12.7. The first-order chi connectivity index (χ1) is 13.8. The molecule has 0 spiro atoms. The molecule has 1 aromatic heterocycles. The zero-order valence-electron chi connectivity index (χ0n) is 16.7. The molecule has 2 N–H and O–H groups in total. The van der Waals surface area contributed by atoms with Gasteiger partial charge in [0.2, 0.25) is 5.91 Å². The van der Waals surface area contributed by atoms with Crippen LogP contribution in [0.1, 0.15) is 56.1 Å². The fraction of sp³-hybridized carbons (Fsp3) is 0.737. The summed E-state index contributed by atoms with van der Waals surface area (Å²) in [4.78, 5) is 27.6. The molecule has 2 aliphatic rings. The Bertz CT molecular complexity index is 720. The standard InChI is InChI=1S/C19H29F2N5O3/c1-14(27)22-15-3-9-24(10-4-15)13-19(29)6-2-8-25(12-7-19)17(28)16-5-11-26(23-16)18(20)21/h5,11,15,18,29H,2-4,6-10,12-13H2,1H3,(H,22,27)/t19-/m1/s1. The van der Waals surface area contributed by atoms with E-state index in [0.29, 0.717) is 43.6 Å². The highest BCUT2D eigenvalue weighted by atomic mass is 19.3. The van der Waals surface area contributed by atoms with Crippen LogP contribution < -0.4 is 5.32 Å². The number of hydrogen-bond donors (Lipinski definition) is 2. The first-order valence-electron chi connectivity index (χ1n) is 10.1. The zero-order chi connectivity index (χ0) is 21.0. The number of aromatic nitrogens is 2. The quantitative estimate of drug-likeness (QED) is 0.758. The van der Waals surface area contributed by atoms with Gasteiger partial charge in [-0.05, 0) is 38.2 Å². The van der Waals surface area contributed by atoms with Crippen LogP contribution in [0.25, 0.3) is 0 Å². The fourth-order valence-electron chi connectivity index (χ4n) is 4.20. The molecule has 0 radical (unpaired) electrons. The summed E-state index contributed by atoms with van der Waals surface area (Å²) < 4.78 is 25.8. The van der Waals surface area contributed by atoms with Crippen LogP contribution in [-0.4, -0.2) is 80.9 Å². The van der Waals surface area contributed by atoms with Crippen LogP contribution in [0, 0.1) is 0 Å². The molecule has 2 fully saturated rings. The fourth-order valence-corrected chi connectivity index (χ4v) is 4.20. The van der Waals surface area contributed by atoms with Gasteiger partial charge in [0.05, 0.1) is 5.60 Å². The van der Waals surface area contributed by atoms with E-state index in [0.717, 1.165) is 32.1 Å². The largest absolute Gasteiger partial charge is 0.388 e. The van der Waals surface area contributed by atoms with Crippen LogP contribution in [0.4, 0.5) is 8.78 Å². The lowest BCUT2D eigenvalue weighted by Crippen LogP contribution is -2.50. The second-order valence-corrected chi connectivity index (χ2v) is 8.08. The summed E-state index contributed by atoms with van der Waals surface area (Å²) in [6.07, 6.45) is 4.45. The second kappa shape index (κ2) is 9.17. The van der Waals surface area contributed by atoms with Gasteiger partial charge < -0.3 is 20.2 Å². The maximum absolute atomic E-state index is 12.7. The number of alkyl halides is 2. The van der Waals surface area contributed by atoms with Crippen LogP contribution in [0.5, 0.6) is 0 Å². The number of carbonyl (C=O) groups is 2. The van der Waals surface area contributed by atoms with Gasteiger partial charge in [-0.25, -0.2) is 4.68 Å². The Morgan fingerprint density at radius 1 is 1.28 bits per heavy atom. The lowest BCUT2D eigenvalue weighted by Gasteiger charge is -2.38. The number of aliphatic hydroxyl groups is 1. The molecule has 2 aliphatic heterocycles. The first kappa shape index (κ1) is 21.6. The average molecular weight is 413 g/mol. The van der Waals surface area contributed by atoms with E-state index in [2.05, 4.69) is 15.3 Å². The molecule has 0 aliphatic carbocycles. The third-order valence-electron chi connectivity index (χ3n) is 5.74. The summed E-state index contributed by atoms with van der Waals surface area (Å²) in [5.41, 5.74) is -0.895. The van der Waals surface area contributed by atoms with E-state index >= 15 is 0 Å². The van der Waals surface area contributed by atoms with E-state index in [1.54, 1.807) is 4.90 Å². The van der Waals surface area contributed by atoms with Crippen LogP contribution in [0.2, 0.25) is 0 Å². The molecule has 29 heavy (non-hydrogen) atoms. The molecule has 10 heteroatoms. The number of nitrogens with one attached hydrogen (secondary N) is 1. The van der Waals surface area contributed by atoms with Gasteiger partial charge in [0.1, 0.15) is 0 Å². The van der Waals surface area contributed by atoms with E-state index in [1.807, 2.05) is 0 Å². The summed E-state index contributed by atoms with van der Waals surface area (Å²) >= 11 is 0. The highest BCUT2D eigenvalue weighted by Crippen LogP contribution is 2.26. The predicted molar refractivity (Wildman–Crippen MR) is 101 cm³/mol. The number of β-amino-alcohol motifs (C(OH)–C–C–N with tert-alkyl or cyclic N) is 1. The SMILES string of the molecule is CC(=O)NC1CCN(C[C@@]2(O)CCCN(C(=O)c3ccn(C(F)F)n3)CC2)CC1. The summed E-state index contributed by atoms with van der Waals surface area (Å²) in [7, 11) is 0. The summed E-state index contributed by atoms with van der Waals surface area (Å²) in [6, 6.07) is 1.49. The average Bonchev–Trinajstić information content (AvgIpc) is 3.08. The van der Waals surface area contributed by atoms with E-state index < -0.39 is 12.2 Å². The minimum Gasteiger partial charge on any atom is -0.388 e. The van der Waals surface area contributed by atoms with Gasteiger partial charge in [-0.15, -0.1) is 0 Å². The van der Waals surface area contributed by atoms with Crippen molar-refractivity contribution in [3.05, 3.63) is 18.0 Å². The number of rotatable bonds is 5. The number of carbonyl (C=O) groups excluding carboxylic acids is 2. The zero-order valence-corrected chi connectivity index (χ0v) is 16.7. The molecule has 1 aromatic rings. The molecule has 2 amide bonds. The maximum Gasteiger partial charge on any atom is 0.333 e. The minimum absolute atomic E-state index is 0.00390. The molecule has 0 saturated carbocycles. The molecule has 3 rings (SSSR count). The van der Waals surface area contributed by atoms with Crippen molar-refractivity contribution in [2.24, 2.45) is 0 Å². The van der Waals surface area contributed by atoms with E-state index in [4.69, 9.17) is 0 Å². The van der Waals surface area contributed by atoms with Gasteiger partial charge in [0.25, 0.3) is 5.91 Å². The van der Waals surface area contributed by atoms with Gasteiger partial charge in [-0.1, -0.05) is 0 Å². The van der Waals surface area contributed by atoms with Gasteiger partial charge >= 0.3 is 6.55 Å². The number of likely N-dealkylation sites (tertiary alicyclic amines) is 2. The Labute approximate surface area is 168 Å². The summed E-state index contributed by atoms with van der Waals surface area (Å²) in [6.45, 7) is 1.71. The van der Waals surface area contributed by atoms with E-state index in [9.17, 15) is 23.5 Å². The van der Waals surface area contributed by atoms with Gasteiger partial charge in [-0.3, -0.25) is 9.59 Å². The number of piperidine rings is 1. The van der Waals surface area contributed by atoms with Crippen molar-refractivity contribution in [2.75, 3.05) is 32.7 Å². The van der Waals surface area contributed by atoms with Gasteiger partial charge in [0, 0.05) is 51.9 Å². The van der Waals surface area contributed by atoms with Crippen LogP contribution >= 0.6 is 0 Å². The molecular formula is C19H29F2N5O3. The van der Waals surface area contributed by atoms with E-state index in [1.165, 1.54) is 13.0 Å². The normalized spacial score (nSPS) is 24.5. The Morgan fingerprint density at radius 3 is 2.62 bits per heavy atom. The topological polar surface area (TPSA) is 90.7 Å². The van der Waals surface area contributed by atoms with Crippen LogP contribution in [-0.2, 0) is 4.79 Å².